The van der Waals surface area contributed by atoms with Crippen molar-refractivity contribution in [1.82, 2.24) is 9.78 Å². The lowest BCUT2D eigenvalue weighted by Crippen LogP contribution is -1.97. The van der Waals surface area contributed by atoms with Gasteiger partial charge in [-0.25, -0.2) is 4.68 Å². The quantitative estimate of drug-likeness (QED) is 0.209. The van der Waals surface area contributed by atoms with Crippen LogP contribution >= 0.6 is 0 Å². The average Bonchev–Trinajstić information content (AvgIpc) is 3.54. The van der Waals surface area contributed by atoms with Gasteiger partial charge >= 0.3 is 0 Å². The van der Waals surface area contributed by atoms with E-state index < -0.39 is 0 Å². The van der Waals surface area contributed by atoms with E-state index in [-0.39, 0.29) is 0 Å². The largest absolute Gasteiger partial charge is 0.240 e. The first-order chi connectivity index (χ1) is 21.3. The molecule has 0 N–H and O–H groups in total. The second-order valence-electron chi connectivity index (χ2n) is 10.9. The molecule has 0 bridgehead atoms. The fourth-order valence-corrected chi connectivity index (χ4v) is 6.15. The van der Waals surface area contributed by atoms with Crippen molar-refractivity contribution in [2.75, 3.05) is 0 Å². The van der Waals surface area contributed by atoms with Crippen LogP contribution in [0.4, 0.5) is 0 Å². The highest BCUT2D eigenvalue weighted by molar-refractivity contribution is 6.00. The highest BCUT2D eigenvalue weighted by atomic mass is 15.3. The molecule has 0 unspecified atom stereocenters. The third kappa shape index (κ3) is 4.60. The van der Waals surface area contributed by atoms with Gasteiger partial charge in [0, 0.05) is 17.3 Å². The van der Waals surface area contributed by atoms with E-state index in [2.05, 4.69) is 164 Å². The molecule has 0 aliphatic rings. The van der Waals surface area contributed by atoms with E-state index in [0.717, 1.165) is 39.2 Å². The zero-order chi connectivity index (χ0) is 28.6. The van der Waals surface area contributed by atoms with Gasteiger partial charge in [-0.15, -0.1) is 0 Å². The van der Waals surface area contributed by atoms with Crippen molar-refractivity contribution in [3.63, 3.8) is 0 Å². The summed E-state index contributed by atoms with van der Waals surface area (Å²) in [6.45, 7) is 0. The predicted molar refractivity (Wildman–Crippen MR) is 180 cm³/mol. The van der Waals surface area contributed by atoms with Gasteiger partial charge in [0.25, 0.3) is 0 Å². The third-order valence-electron chi connectivity index (χ3n) is 8.23. The Morgan fingerprint density at radius 2 is 0.860 bits per heavy atom. The molecule has 7 aromatic carbocycles. The van der Waals surface area contributed by atoms with Gasteiger partial charge < -0.3 is 0 Å². The maximum atomic E-state index is 5.24. The minimum atomic E-state index is 0.967. The van der Waals surface area contributed by atoms with Crippen molar-refractivity contribution < 1.29 is 0 Å². The highest BCUT2D eigenvalue weighted by Crippen LogP contribution is 2.38. The van der Waals surface area contributed by atoms with Crippen LogP contribution in [0.25, 0.3) is 71.9 Å². The van der Waals surface area contributed by atoms with E-state index in [1.54, 1.807) is 0 Å². The summed E-state index contributed by atoms with van der Waals surface area (Å²) >= 11 is 0. The average molecular weight is 549 g/mol. The van der Waals surface area contributed by atoms with E-state index in [1.165, 1.54) is 32.7 Å². The molecule has 1 heterocycles. The van der Waals surface area contributed by atoms with Crippen LogP contribution in [0.1, 0.15) is 0 Å². The summed E-state index contributed by atoms with van der Waals surface area (Å²) in [5, 5.41) is 10.2. The summed E-state index contributed by atoms with van der Waals surface area (Å²) in [4.78, 5) is 0. The number of rotatable bonds is 5. The summed E-state index contributed by atoms with van der Waals surface area (Å²) in [6, 6.07) is 58.2. The van der Waals surface area contributed by atoms with Gasteiger partial charge in [-0.2, -0.15) is 5.10 Å². The van der Waals surface area contributed by atoms with Crippen LogP contribution in [0.15, 0.2) is 170 Å². The van der Waals surface area contributed by atoms with Crippen molar-refractivity contribution in [2.45, 2.75) is 0 Å². The van der Waals surface area contributed by atoms with Gasteiger partial charge in [0.15, 0.2) is 0 Å². The lowest BCUT2D eigenvalue weighted by molar-refractivity contribution is 0.885. The number of aromatic nitrogens is 2. The predicted octanol–water partition coefficient (Wildman–Crippen LogP) is 10.8. The molecule has 0 atom stereocenters. The number of fused-ring (bicyclic) bond motifs is 2. The second-order valence-corrected chi connectivity index (χ2v) is 10.9. The van der Waals surface area contributed by atoms with Crippen molar-refractivity contribution in [1.29, 1.82) is 0 Å². The van der Waals surface area contributed by atoms with Crippen molar-refractivity contribution in [3.8, 4) is 50.3 Å². The molecular formula is C41H28N2. The Labute approximate surface area is 251 Å². The SMILES string of the molecule is c1ccc(-c2cn(-c3cc(-c4cccc5ccccc45)cc(-c4cccc5ccccc45)c3)nc2-c2ccccc2)cc1. The molecule has 0 fully saturated rings. The Kier molecular flexibility index (Phi) is 6.16. The zero-order valence-electron chi connectivity index (χ0n) is 23.6. The van der Waals surface area contributed by atoms with Crippen LogP contribution in [0, 0.1) is 0 Å². The van der Waals surface area contributed by atoms with Crippen LogP contribution < -0.4 is 0 Å². The van der Waals surface area contributed by atoms with Crippen LogP contribution in [-0.2, 0) is 0 Å². The highest BCUT2D eigenvalue weighted by Gasteiger charge is 2.16. The van der Waals surface area contributed by atoms with Crippen LogP contribution in [0.2, 0.25) is 0 Å². The first-order valence-corrected chi connectivity index (χ1v) is 14.6. The molecule has 2 nitrogen and oxygen atoms in total. The van der Waals surface area contributed by atoms with Gasteiger partial charge in [-0.3, -0.25) is 0 Å². The molecule has 0 amide bonds. The van der Waals surface area contributed by atoms with E-state index >= 15 is 0 Å². The first-order valence-electron chi connectivity index (χ1n) is 14.6. The first kappa shape index (κ1) is 25.0. The third-order valence-corrected chi connectivity index (χ3v) is 8.23. The molecule has 1 aromatic heterocycles. The lowest BCUT2D eigenvalue weighted by Gasteiger charge is -2.14. The molecule has 43 heavy (non-hydrogen) atoms. The van der Waals surface area contributed by atoms with Crippen LogP contribution in [0.3, 0.4) is 0 Å². The summed E-state index contributed by atoms with van der Waals surface area (Å²) < 4.78 is 2.05. The van der Waals surface area contributed by atoms with E-state index in [9.17, 15) is 0 Å². The molecule has 0 saturated heterocycles. The summed E-state index contributed by atoms with van der Waals surface area (Å²) in [7, 11) is 0. The molecule has 0 radical (unpaired) electrons. The minimum Gasteiger partial charge on any atom is -0.240 e. The van der Waals surface area contributed by atoms with Crippen LogP contribution in [-0.4, -0.2) is 9.78 Å². The molecule has 8 aromatic rings. The van der Waals surface area contributed by atoms with Gasteiger partial charge in [0.1, 0.15) is 5.69 Å². The monoisotopic (exact) mass is 548 g/mol. The summed E-state index contributed by atoms with van der Waals surface area (Å²) in [5.74, 6) is 0. The molecule has 0 spiro atoms. The lowest BCUT2D eigenvalue weighted by atomic mass is 9.92. The van der Waals surface area contributed by atoms with Gasteiger partial charge in [0.2, 0.25) is 0 Å². The van der Waals surface area contributed by atoms with Gasteiger partial charge in [-0.1, -0.05) is 146 Å². The molecular weight excluding hydrogens is 520 g/mol. The van der Waals surface area contributed by atoms with E-state index in [0.29, 0.717) is 0 Å². The molecule has 2 heteroatoms. The summed E-state index contributed by atoms with van der Waals surface area (Å²) in [6.07, 6.45) is 2.17. The molecule has 0 aliphatic carbocycles. The number of nitrogens with zero attached hydrogens (tertiary/aromatic N) is 2. The van der Waals surface area contributed by atoms with E-state index in [1.807, 2.05) is 10.7 Å². The van der Waals surface area contributed by atoms with Crippen molar-refractivity contribution >= 4 is 21.5 Å². The molecule has 0 saturated carbocycles. The Morgan fingerprint density at radius 3 is 1.44 bits per heavy atom. The van der Waals surface area contributed by atoms with Crippen molar-refractivity contribution in [2.24, 2.45) is 0 Å². The zero-order valence-corrected chi connectivity index (χ0v) is 23.6. The van der Waals surface area contributed by atoms with Crippen molar-refractivity contribution in [3.05, 3.63) is 170 Å². The maximum absolute atomic E-state index is 5.24. The Hall–Kier alpha value is -5.73. The molecule has 0 aliphatic heterocycles. The standard InChI is InChI=1S/C41H28N2/c1-3-13-31(14-4-1)40-28-43(42-41(40)32-17-5-2-6-18-32)35-26-33(38-23-11-19-29-15-7-9-21-36(29)38)25-34(27-35)39-24-12-20-30-16-8-10-22-37(30)39/h1-28H. The minimum absolute atomic E-state index is 0.967. The number of hydrogen-bond donors (Lipinski definition) is 0. The normalized spacial score (nSPS) is 11.3. The second kappa shape index (κ2) is 10.6. The molecule has 8 rings (SSSR count). The Balaban J connectivity index is 1.40. The fourth-order valence-electron chi connectivity index (χ4n) is 6.15. The van der Waals surface area contributed by atoms with Gasteiger partial charge in [-0.05, 0) is 67.6 Å². The fraction of sp³-hybridized carbons (Fsp3) is 0. The summed E-state index contributed by atoms with van der Waals surface area (Å²) in [5.41, 5.74) is 10.1. The van der Waals surface area contributed by atoms with E-state index in [4.69, 9.17) is 5.10 Å². The topological polar surface area (TPSA) is 17.8 Å². The smallest absolute Gasteiger partial charge is 0.101 e. The van der Waals surface area contributed by atoms with Crippen LogP contribution in [0.5, 0.6) is 0 Å². The Morgan fingerprint density at radius 1 is 0.372 bits per heavy atom. The van der Waals surface area contributed by atoms with Gasteiger partial charge in [0.05, 0.1) is 5.69 Å². The Bertz CT molecular complexity index is 2060. The molecule has 202 valence electrons. The number of hydrogen-bond acceptors (Lipinski definition) is 1. The number of benzene rings is 7. The maximum Gasteiger partial charge on any atom is 0.101 e.